The summed E-state index contributed by atoms with van der Waals surface area (Å²) in [7, 11) is -1.05. The van der Waals surface area contributed by atoms with Gasteiger partial charge in [0.2, 0.25) is 0 Å². The molecule has 1 aliphatic carbocycles. The molecule has 2 aliphatic rings. The SMILES string of the molecule is CC1=CC2(C=C1)OB(O)O2. The van der Waals surface area contributed by atoms with E-state index < -0.39 is 13.1 Å². The van der Waals surface area contributed by atoms with E-state index in [-0.39, 0.29) is 0 Å². The van der Waals surface area contributed by atoms with Gasteiger partial charge in [-0.1, -0.05) is 6.08 Å². The molecule has 0 amide bonds. The summed E-state index contributed by atoms with van der Waals surface area (Å²) in [4.78, 5) is 0. The van der Waals surface area contributed by atoms with Gasteiger partial charge in [0.05, 0.1) is 0 Å². The molecule has 1 fully saturated rings. The zero-order chi connectivity index (χ0) is 7.19. The first-order chi connectivity index (χ1) is 4.70. The van der Waals surface area contributed by atoms with Crippen molar-refractivity contribution >= 4 is 7.32 Å². The second-order valence-corrected chi connectivity index (χ2v) is 2.49. The lowest BCUT2D eigenvalue weighted by Gasteiger charge is -2.37. The lowest BCUT2D eigenvalue weighted by Crippen LogP contribution is -2.53. The predicted molar refractivity (Wildman–Crippen MR) is 35.8 cm³/mol. The van der Waals surface area contributed by atoms with E-state index in [1.807, 2.05) is 19.1 Å². The predicted octanol–water partition coefficient (Wildman–Crippen LogP) is 0.223. The molecule has 0 atom stereocenters. The van der Waals surface area contributed by atoms with E-state index in [9.17, 15) is 0 Å². The van der Waals surface area contributed by atoms with Crippen LogP contribution in [0.25, 0.3) is 0 Å². The molecular formula is C6H7BO3. The summed E-state index contributed by atoms with van der Waals surface area (Å²) in [5, 5.41) is 8.65. The van der Waals surface area contributed by atoms with Crippen molar-refractivity contribution in [2.45, 2.75) is 12.7 Å². The average Bonchev–Trinajstić information content (AvgIpc) is 2.10. The zero-order valence-electron chi connectivity index (χ0n) is 5.57. The highest BCUT2D eigenvalue weighted by atomic mass is 16.9. The number of allylic oxidation sites excluding steroid dienone is 2. The van der Waals surface area contributed by atoms with Crippen LogP contribution in [0.2, 0.25) is 0 Å². The number of hydrogen-bond acceptors (Lipinski definition) is 3. The minimum atomic E-state index is -1.05. The Balaban J connectivity index is 2.16. The molecule has 0 unspecified atom stereocenters. The third-order valence-corrected chi connectivity index (χ3v) is 1.58. The van der Waals surface area contributed by atoms with Crippen LogP contribution in [0.15, 0.2) is 23.8 Å². The van der Waals surface area contributed by atoms with Crippen molar-refractivity contribution in [1.29, 1.82) is 0 Å². The highest BCUT2D eigenvalue weighted by Gasteiger charge is 2.48. The van der Waals surface area contributed by atoms with E-state index >= 15 is 0 Å². The third-order valence-electron chi connectivity index (χ3n) is 1.58. The van der Waals surface area contributed by atoms with Crippen LogP contribution < -0.4 is 0 Å². The minimum absolute atomic E-state index is 0.733. The maximum absolute atomic E-state index is 8.65. The van der Waals surface area contributed by atoms with Crippen molar-refractivity contribution < 1.29 is 14.3 Å². The molecule has 1 saturated heterocycles. The molecule has 4 heteroatoms. The van der Waals surface area contributed by atoms with E-state index in [4.69, 9.17) is 14.3 Å². The molecule has 0 aromatic heterocycles. The molecule has 0 saturated carbocycles. The normalized spacial score (nSPS) is 27.0. The number of hydrogen-bond donors (Lipinski definition) is 1. The first-order valence-electron chi connectivity index (χ1n) is 3.13. The quantitative estimate of drug-likeness (QED) is 0.486. The molecular weight excluding hydrogens is 131 g/mol. The number of rotatable bonds is 0. The summed E-state index contributed by atoms with van der Waals surface area (Å²) in [5.74, 6) is -0.733. The van der Waals surface area contributed by atoms with Gasteiger partial charge in [-0.15, -0.1) is 0 Å². The fourth-order valence-corrected chi connectivity index (χ4v) is 1.13. The maximum atomic E-state index is 8.65. The largest absolute Gasteiger partial charge is 0.641 e. The van der Waals surface area contributed by atoms with Crippen molar-refractivity contribution in [3.05, 3.63) is 23.8 Å². The summed E-state index contributed by atoms with van der Waals surface area (Å²) in [6.45, 7) is 1.95. The van der Waals surface area contributed by atoms with E-state index in [1.165, 1.54) is 0 Å². The molecule has 10 heavy (non-hydrogen) atoms. The fourth-order valence-electron chi connectivity index (χ4n) is 1.13. The van der Waals surface area contributed by atoms with Crippen molar-refractivity contribution in [3.8, 4) is 0 Å². The standard InChI is InChI=1S/C6H7BO3/c1-5-2-3-6(4-5)9-7(8)10-6/h2-4,8H,1H3. The van der Waals surface area contributed by atoms with Crippen LogP contribution >= 0.6 is 0 Å². The second-order valence-electron chi connectivity index (χ2n) is 2.49. The van der Waals surface area contributed by atoms with Crippen LogP contribution in [0.3, 0.4) is 0 Å². The smallest absolute Gasteiger partial charge is 0.401 e. The highest BCUT2D eigenvalue weighted by Crippen LogP contribution is 2.33. The van der Waals surface area contributed by atoms with Crippen LogP contribution in [0.5, 0.6) is 0 Å². The molecule has 1 spiro atoms. The van der Waals surface area contributed by atoms with E-state index in [2.05, 4.69) is 0 Å². The molecule has 0 bridgehead atoms. The lowest BCUT2D eigenvalue weighted by atomic mass is 10.1. The minimum Gasteiger partial charge on any atom is -0.401 e. The van der Waals surface area contributed by atoms with Gasteiger partial charge < -0.3 is 14.3 Å². The van der Waals surface area contributed by atoms with E-state index in [0.717, 1.165) is 5.57 Å². The summed E-state index contributed by atoms with van der Waals surface area (Å²) < 4.78 is 9.86. The molecule has 0 aromatic rings. The first-order valence-corrected chi connectivity index (χ1v) is 3.13. The van der Waals surface area contributed by atoms with Crippen LogP contribution in [0, 0.1) is 0 Å². The Kier molecular flexibility index (Phi) is 1.06. The van der Waals surface area contributed by atoms with E-state index in [0.29, 0.717) is 0 Å². The monoisotopic (exact) mass is 138 g/mol. The van der Waals surface area contributed by atoms with Crippen LogP contribution in [0.4, 0.5) is 0 Å². The molecule has 3 nitrogen and oxygen atoms in total. The Labute approximate surface area is 59.1 Å². The van der Waals surface area contributed by atoms with Crippen LogP contribution in [0.1, 0.15) is 6.92 Å². The van der Waals surface area contributed by atoms with Crippen LogP contribution in [-0.4, -0.2) is 18.1 Å². The van der Waals surface area contributed by atoms with Gasteiger partial charge in [0.1, 0.15) is 0 Å². The van der Waals surface area contributed by atoms with Gasteiger partial charge in [-0.2, -0.15) is 0 Å². The summed E-state index contributed by atoms with van der Waals surface area (Å²) in [6.07, 6.45) is 5.49. The molecule has 2 rings (SSSR count). The Morgan fingerprint density at radius 3 is 2.70 bits per heavy atom. The highest BCUT2D eigenvalue weighted by molar-refractivity contribution is 6.37. The first kappa shape index (κ1) is 6.16. The summed E-state index contributed by atoms with van der Waals surface area (Å²) >= 11 is 0. The zero-order valence-corrected chi connectivity index (χ0v) is 5.57. The average molecular weight is 138 g/mol. The molecule has 0 radical (unpaired) electrons. The van der Waals surface area contributed by atoms with Crippen molar-refractivity contribution in [1.82, 2.24) is 0 Å². The fraction of sp³-hybridized carbons (Fsp3) is 0.333. The topological polar surface area (TPSA) is 38.7 Å². The lowest BCUT2D eigenvalue weighted by molar-refractivity contribution is -0.172. The van der Waals surface area contributed by atoms with Crippen molar-refractivity contribution in [2.24, 2.45) is 0 Å². The second kappa shape index (κ2) is 1.72. The van der Waals surface area contributed by atoms with Gasteiger partial charge >= 0.3 is 7.32 Å². The Hall–Kier alpha value is -0.575. The molecule has 0 aromatic carbocycles. The molecule has 1 N–H and O–H groups in total. The third kappa shape index (κ3) is 0.735. The van der Waals surface area contributed by atoms with Gasteiger partial charge in [0, 0.05) is 0 Å². The van der Waals surface area contributed by atoms with Crippen molar-refractivity contribution in [3.63, 3.8) is 0 Å². The van der Waals surface area contributed by atoms with E-state index in [1.54, 1.807) is 6.08 Å². The Morgan fingerprint density at radius 1 is 1.60 bits per heavy atom. The van der Waals surface area contributed by atoms with Crippen molar-refractivity contribution in [2.75, 3.05) is 0 Å². The molecule has 52 valence electrons. The summed E-state index contributed by atoms with van der Waals surface area (Å²) in [6, 6.07) is 0. The van der Waals surface area contributed by atoms with Crippen LogP contribution in [-0.2, 0) is 9.31 Å². The summed E-state index contributed by atoms with van der Waals surface area (Å²) in [5.41, 5.74) is 1.09. The molecule has 1 aliphatic heterocycles. The van der Waals surface area contributed by atoms with Gasteiger partial charge in [0.25, 0.3) is 0 Å². The molecule has 1 heterocycles. The van der Waals surface area contributed by atoms with Gasteiger partial charge in [-0.3, -0.25) is 0 Å². The Morgan fingerprint density at radius 2 is 2.30 bits per heavy atom. The maximum Gasteiger partial charge on any atom is 0.641 e. The van der Waals surface area contributed by atoms with Gasteiger partial charge in [0.15, 0.2) is 5.79 Å². The Bertz CT molecular complexity index is 215. The van der Waals surface area contributed by atoms with Gasteiger partial charge in [-0.25, -0.2) is 0 Å². The van der Waals surface area contributed by atoms with Gasteiger partial charge in [-0.05, 0) is 24.6 Å².